The van der Waals surface area contributed by atoms with Crippen LogP contribution in [-0.4, -0.2) is 33.7 Å². The first-order valence-electron chi connectivity index (χ1n) is 8.33. The summed E-state index contributed by atoms with van der Waals surface area (Å²) in [5.41, 5.74) is 1.42. The Morgan fingerprint density at radius 2 is 1.73 bits per heavy atom. The third kappa shape index (κ3) is 5.56. The molecule has 140 valence electrons. The topological polar surface area (TPSA) is 66.5 Å². The highest BCUT2D eigenvalue weighted by molar-refractivity contribution is 7.92. The van der Waals surface area contributed by atoms with Crippen LogP contribution in [0.5, 0.6) is 0 Å². The van der Waals surface area contributed by atoms with Gasteiger partial charge in [0.1, 0.15) is 5.82 Å². The molecule has 0 fully saturated rings. The van der Waals surface area contributed by atoms with Crippen LogP contribution in [0.4, 0.5) is 10.1 Å². The number of carbonyl (C=O) groups excluding carboxylic acids is 1. The normalized spacial score (nSPS) is 12.4. The van der Waals surface area contributed by atoms with Gasteiger partial charge in [-0.3, -0.25) is 9.10 Å². The molecule has 7 heteroatoms. The largest absolute Gasteiger partial charge is 0.355 e. The zero-order chi connectivity index (χ0) is 19.2. The fraction of sp³-hybridized carbons (Fsp3) is 0.316. The van der Waals surface area contributed by atoms with Crippen molar-refractivity contribution < 1.29 is 17.6 Å². The average Bonchev–Trinajstić information content (AvgIpc) is 2.63. The molecule has 1 N–H and O–H groups in total. The molecule has 5 nitrogen and oxygen atoms in total. The number of sulfonamides is 1. The second-order valence-electron chi connectivity index (χ2n) is 6.14. The molecular formula is C19H23FN2O3S. The number of para-hydroxylation sites is 1. The number of amides is 1. The summed E-state index contributed by atoms with van der Waals surface area (Å²) in [6.45, 7) is 1.79. The van der Waals surface area contributed by atoms with Gasteiger partial charge in [0.2, 0.25) is 15.9 Å². The quantitative estimate of drug-likeness (QED) is 0.768. The maximum absolute atomic E-state index is 12.9. The van der Waals surface area contributed by atoms with Crippen molar-refractivity contribution in [2.45, 2.75) is 13.3 Å². The predicted molar refractivity (Wildman–Crippen MR) is 101 cm³/mol. The van der Waals surface area contributed by atoms with Crippen molar-refractivity contribution in [3.63, 3.8) is 0 Å². The average molecular weight is 378 g/mol. The molecule has 0 aliphatic rings. The first-order valence-corrected chi connectivity index (χ1v) is 9.94. The van der Waals surface area contributed by atoms with Gasteiger partial charge < -0.3 is 5.32 Å². The van der Waals surface area contributed by atoms with Crippen molar-refractivity contribution >= 4 is 21.6 Å². The molecule has 26 heavy (non-hydrogen) atoms. The van der Waals surface area contributed by atoms with E-state index < -0.39 is 10.0 Å². The molecule has 1 unspecified atom stereocenters. The van der Waals surface area contributed by atoms with Gasteiger partial charge >= 0.3 is 0 Å². The van der Waals surface area contributed by atoms with Crippen molar-refractivity contribution in [1.29, 1.82) is 0 Å². The third-order valence-corrected chi connectivity index (χ3v) is 5.86. The maximum Gasteiger partial charge on any atom is 0.236 e. The summed E-state index contributed by atoms with van der Waals surface area (Å²) < 4.78 is 38.8. The number of hydrogen-bond donors (Lipinski definition) is 1. The monoisotopic (exact) mass is 378 g/mol. The second-order valence-corrected chi connectivity index (χ2v) is 8.26. The number of hydrogen-bond acceptors (Lipinski definition) is 3. The zero-order valence-electron chi connectivity index (χ0n) is 14.9. The number of nitrogens with zero attached hydrogens (tertiary/aromatic N) is 1. The molecular weight excluding hydrogens is 355 g/mol. The van der Waals surface area contributed by atoms with Crippen molar-refractivity contribution in [1.82, 2.24) is 5.32 Å². The highest BCUT2D eigenvalue weighted by Gasteiger charge is 2.19. The molecule has 1 atom stereocenters. The van der Waals surface area contributed by atoms with Crippen molar-refractivity contribution in [2.24, 2.45) is 5.92 Å². The number of halogens is 1. The Balaban J connectivity index is 1.84. The predicted octanol–water partition coefficient (Wildman–Crippen LogP) is 2.59. The SMILES string of the molecule is CC(Cc1ccc(F)cc1)C(=O)NCCS(=O)(=O)N(C)c1ccccc1. The summed E-state index contributed by atoms with van der Waals surface area (Å²) in [7, 11) is -2.03. The Morgan fingerprint density at radius 1 is 1.12 bits per heavy atom. The fourth-order valence-corrected chi connectivity index (χ4v) is 3.56. The fourth-order valence-electron chi connectivity index (χ4n) is 2.48. The van der Waals surface area contributed by atoms with Gasteiger partial charge in [-0.2, -0.15) is 0 Å². The van der Waals surface area contributed by atoms with Crippen LogP contribution in [0.1, 0.15) is 12.5 Å². The van der Waals surface area contributed by atoms with E-state index in [1.807, 2.05) is 6.07 Å². The standard InChI is InChI=1S/C19H23FN2O3S/c1-15(14-16-8-10-17(20)11-9-16)19(23)21-12-13-26(24,25)22(2)18-6-4-3-5-7-18/h3-11,15H,12-14H2,1-2H3,(H,21,23). The summed E-state index contributed by atoms with van der Waals surface area (Å²) in [6, 6.07) is 14.7. The molecule has 0 radical (unpaired) electrons. The number of nitrogens with one attached hydrogen (secondary N) is 1. The molecule has 0 heterocycles. The number of carbonyl (C=O) groups is 1. The Labute approximate surface area is 153 Å². The van der Waals surface area contributed by atoms with Crippen LogP contribution in [-0.2, 0) is 21.2 Å². The molecule has 0 bridgehead atoms. The molecule has 0 saturated carbocycles. The highest BCUT2D eigenvalue weighted by atomic mass is 32.2. The maximum atomic E-state index is 12.9. The van der Waals surface area contributed by atoms with E-state index >= 15 is 0 Å². The first-order chi connectivity index (χ1) is 12.3. The van der Waals surface area contributed by atoms with Crippen LogP contribution in [0, 0.1) is 11.7 Å². The van der Waals surface area contributed by atoms with E-state index in [4.69, 9.17) is 0 Å². The third-order valence-electron chi connectivity index (χ3n) is 4.10. The van der Waals surface area contributed by atoms with E-state index in [0.717, 1.165) is 5.56 Å². The lowest BCUT2D eigenvalue weighted by atomic mass is 10.0. The summed E-state index contributed by atoms with van der Waals surface area (Å²) in [5.74, 6) is -1.08. The Bertz CT molecular complexity index is 824. The molecule has 0 saturated heterocycles. The number of anilines is 1. The van der Waals surface area contributed by atoms with Crippen LogP contribution < -0.4 is 9.62 Å². The van der Waals surface area contributed by atoms with Gasteiger partial charge in [0, 0.05) is 19.5 Å². The molecule has 0 aliphatic heterocycles. The van der Waals surface area contributed by atoms with Crippen LogP contribution >= 0.6 is 0 Å². The number of benzene rings is 2. The molecule has 0 aliphatic carbocycles. The van der Waals surface area contributed by atoms with Gasteiger partial charge in [-0.1, -0.05) is 37.3 Å². The molecule has 0 aromatic heterocycles. The Morgan fingerprint density at radius 3 is 2.35 bits per heavy atom. The highest BCUT2D eigenvalue weighted by Crippen LogP contribution is 2.15. The summed E-state index contributed by atoms with van der Waals surface area (Å²) in [5, 5.41) is 2.66. The molecule has 0 spiro atoms. The van der Waals surface area contributed by atoms with Crippen LogP contribution in [0.25, 0.3) is 0 Å². The van der Waals surface area contributed by atoms with Crippen molar-refractivity contribution in [3.05, 3.63) is 66.0 Å². The Hall–Kier alpha value is -2.41. The van der Waals surface area contributed by atoms with E-state index in [9.17, 15) is 17.6 Å². The lowest BCUT2D eigenvalue weighted by molar-refractivity contribution is -0.124. The van der Waals surface area contributed by atoms with Crippen molar-refractivity contribution in [2.75, 3.05) is 23.7 Å². The summed E-state index contributed by atoms with van der Waals surface area (Å²) >= 11 is 0. The van der Waals surface area contributed by atoms with E-state index in [0.29, 0.717) is 12.1 Å². The molecule has 1 amide bonds. The van der Waals surface area contributed by atoms with E-state index in [-0.39, 0.29) is 29.9 Å². The van der Waals surface area contributed by atoms with Gasteiger partial charge in [-0.15, -0.1) is 0 Å². The minimum atomic E-state index is -3.52. The minimum absolute atomic E-state index is 0.0338. The van der Waals surface area contributed by atoms with Crippen LogP contribution in [0.15, 0.2) is 54.6 Å². The van der Waals surface area contributed by atoms with Crippen molar-refractivity contribution in [3.8, 4) is 0 Å². The van der Waals surface area contributed by atoms with Crippen LogP contribution in [0.3, 0.4) is 0 Å². The number of rotatable bonds is 8. The van der Waals surface area contributed by atoms with E-state index in [2.05, 4.69) is 5.32 Å². The van der Waals surface area contributed by atoms with Crippen LogP contribution in [0.2, 0.25) is 0 Å². The molecule has 2 rings (SSSR count). The molecule has 2 aromatic carbocycles. The first kappa shape index (κ1) is 19.9. The minimum Gasteiger partial charge on any atom is -0.355 e. The lowest BCUT2D eigenvalue weighted by Crippen LogP contribution is -2.37. The van der Waals surface area contributed by atoms with Gasteiger partial charge in [0.15, 0.2) is 0 Å². The zero-order valence-corrected chi connectivity index (χ0v) is 15.7. The molecule has 2 aromatic rings. The van der Waals surface area contributed by atoms with E-state index in [1.54, 1.807) is 43.3 Å². The smallest absolute Gasteiger partial charge is 0.236 e. The van der Waals surface area contributed by atoms with E-state index in [1.165, 1.54) is 23.5 Å². The lowest BCUT2D eigenvalue weighted by Gasteiger charge is -2.20. The second kappa shape index (κ2) is 8.80. The van der Waals surface area contributed by atoms with Gasteiger partial charge in [-0.05, 0) is 36.2 Å². The summed E-state index contributed by atoms with van der Waals surface area (Å²) in [4.78, 5) is 12.1. The van der Waals surface area contributed by atoms with Gasteiger partial charge in [0.25, 0.3) is 0 Å². The van der Waals surface area contributed by atoms with Gasteiger partial charge in [0.05, 0.1) is 11.4 Å². The van der Waals surface area contributed by atoms with Gasteiger partial charge in [-0.25, -0.2) is 12.8 Å². The summed E-state index contributed by atoms with van der Waals surface area (Å²) in [6.07, 6.45) is 0.461. The Kier molecular flexibility index (Phi) is 6.74.